The van der Waals surface area contributed by atoms with E-state index in [9.17, 15) is 4.79 Å². The summed E-state index contributed by atoms with van der Waals surface area (Å²) in [6, 6.07) is 1.65. The van der Waals surface area contributed by atoms with Crippen molar-refractivity contribution >= 4 is 5.91 Å². The molecule has 0 aromatic carbocycles. The summed E-state index contributed by atoms with van der Waals surface area (Å²) < 4.78 is 4.82. The Bertz CT molecular complexity index is 315. The number of furan rings is 1. The Hall–Kier alpha value is -1.29. The largest absolute Gasteiger partial charge is 0.472 e. The number of carbonyl (C=O) groups is 1. The van der Waals surface area contributed by atoms with Crippen molar-refractivity contribution in [3.05, 3.63) is 24.2 Å². The van der Waals surface area contributed by atoms with Crippen LogP contribution in [0.1, 0.15) is 23.2 Å². The molecule has 0 atom stereocenters. The second-order valence-corrected chi connectivity index (χ2v) is 3.90. The summed E-state index contributed by atoms with van der Waals surface area (Å²) in [7, 11) is 0. The Balaban J connectivity index is 1.84. The van der Waals surface area contributed by atoms with E-state index in [1.165, 1.54) is 12.5 Å². The van der Waals surface area contributed by atoms with Gasteiger partial charge in [0.1, 0.15) is 6.26 Å². The van der Waals surface area contributed by atoms with E-state index in [0.717, 1.165) is 12.8 Å². The first-order valence-electron chi connectivity index (χ1n) is 4.76. The van der Waals surface area contributed by atoms with Crippen LogP contribution in [-0.2, 0) is 0 Å². The van der Waals surface area contributed by atoms with Gasteiger partial charge in [0.2, 0.25) is 0 Å². The zero-order chi connectivity index (χ0) is 10.0. The lowest BCUT2D eigenvalue weighted by Crippen LogP contribution is -2.33. The molecular weight excluding hydrogens is 180 g/mol. The van der Waals surface area contributed by atoms with Crippen molar-refractivity contribution in [2.75, 3.05) is 13.1 Å². The number of nitrogens with two attached hydrogens (primary N) is 1. The Morgan fingerprint density at radius 2 is 2.43 bits per heavy atom. The molecule has 2 rings (SSSR count). The van der Waals surface area contributed by atoms with E-state index in [2.05, 4.69) is 5.32 Å². The highest BCUT2D eigenvalue weighted by molar-refractivity contribution is 5.93. The van der Waals surface area contributed by atoms with Crippen molar-refractivity contribution in [3.63, 3.8) is 0 Å². The molecule has 1 amide bonds. The Morgan fingerprint density at radius 3 is 2.93 bits per heavy atom. The molecule has 4 heteroatoms. The molecule has 0 aliphatic heterocycles. The maximum Gasteiger partial charge on any atom is 0.254 e. The van der Waals surface area contributed by atoms with Gasteiger partial charge in [-0.1, -0.05) is 0 Å². The van der Waals surface area contributed by atoms with Crippen LogP contribution >= 0.6 is 0 Å². The maximum atomic E-state index is 11.5. The van der Waals surface area contributed by atoms with Gasteiger partial charge >= 0.3 is 0 Å². The van der Waals surface area contributed by atoms with Gasteiger partial charge in [0.25, 0.3) is 5.91 Å². The van der Waals surface area contributed by atoms with Gasteiger partial charge in [0.05, 0.1) is 11.8 Å². The van der Waals surface area contributed by atoms with Gasteiger partial charge in [0.15, 0.2) is 0 Å². The van der Waals surface area contributed by atoms with Crippen molar-refractivity contribution in [2.24, 2.45) is 11.1 Å². The summed E-state index contributed by atoms with van der Waals surface area (Å²) in [6.07, 6.45) is 5.17. The van der Waals surface area contributed by atoms with Crippen molar-refractivity contribution in [2.45, 2.75) is 12.8 Å². The molecule has 3 N–H and O–H groups in total. The zero-order valence-electron chi connectivity index (χ0n) is 7.95. The molecule has 1 aromatic heterocycles. The van der Waals surface area contributed by atoms with E-state index < -0.39 is 0 Å². The van der Waals surface area contributed by atoms with E-state index in [4.69, 9.17) is 10.2 Å². The fourth-order valence-electron chi connectivity index (χ4n) is 1.39. The molecule has 1 aliphatic rings. The van der Waals surface area contributed by atoms with E-state index in [1.54, 1.807) is 6.07 Å². The van der Waals surface area contributed by atoms with Crippen LogP contribution in [0.2, 0.25) is 0 Å². The molecule has 1 aromatic rings. The number of rotatable bonds is 4. The van der Waals surface area contributed by atoms with Gasteiger partial charge in [-0.25, -0.2) is 0 Å². The normalized spacial score (nSPS) is 17.8. The molecule has 1 saturated carbocycles. The third-order valence-corrected chi connectivity index (χ3v) is 2.80. The van der Waals surface area contributed by atoms with Gasteiger partial charge in [-0.05, 0) is 25.5 Å². The summed E-state index contributed by atoms with van der Waals surface area (Å²) in [4.78, 5) is 11.5. The third kappa shape index (κ3) is 1.80. The minimum Gasteiger partial charge on any atom is -0.472 e. The van der Waals surface area contributed by atoms with Crippen molar-refractivity contribution < 1.29 is 9.21 Å². The minimum absolute atomic E-state index is 0.0847. The highest BCUT2D eigenvalue weighted by atomic mass is 16.3. The number of hydrogen-bond acceptors (Lipinski definition) is 3. The SMILES string of the molecule is NCC1(CNC(=O)c2ccoc2)CC1. The van der Waals surface area contributed by atoms with Crippen LogP contribution in [0, 0.1) is 5.41 Å². The molecule has 0 radical (unpaired) electrons. The van der Waals surface area contributed by atoms with Crippen LogP contribution in [0.3, 0.4) is 0 Å². The van der Waals surface area contributed by atoms with Crippen LogP contribution < -0.4 is 11.1 Å². The second-order valence-electron chi connectivity index (χ2n) is 3.90. The topological polar surface area (TPSA) is 68.3 Å². The summed E-state index contributed by atoms with van der Waals surface area (Å²) in [6.45, 7) is 1.33. The molecule has 1 aliphatic carbocycles. The van der Waals surface area contributed by atoms with Crippen LogP contribution in [0.4, 0.5) is 0 Å². The zero-order valence-corrected chi connectivity index (χ0v) is 7.95. The first-order valence-corrected chi connectivity index (χ1v) is 4.76. The van der Waals surface area contributed by atoms with Gasteiger partial charge in [-0.3, -0.25) is 4.79 Å². The molecule has 1 heterocycles. The maximum absolute atomic E-state index is 11.5. The highest BCUT2D eigenvalue weighted by Gasteiger charge is 2.41. The van der Waals surface area contributed by atoms with Gasteiger partial charge in [-0.2, -0.15) is 0 Å². The number of amides is 1. The minimum atomic E-state index is -0.0847. The van der Waals surface area contributed by atoms with Crippen LogP contribution in [-0.4, -0.2) is 19.0 Å². The first-order chi connectivity index (χ1) is 6.76. The van der Waals surface area contributed by atoms with Crippen molar-refractivity contribution in [1.82, 2.24) is 5.32 Å². The standard InChI is InChI=1S/C10H14N2O2/c11-6-10(2-3-10)7-12-9(13)8-1-4-14-5-8/h1,4-5H,2-3,6-7,11H2,(H,12,13). The molecule has 0 unspecified atom stereocenters. The molecule has 0 bridgehead atoms. The molecule has 4 nitrogen and oxygen atoms in total. The smallest absolute Gasteiger partial charge is 0.254 e. The highest BCUT2D eigenvalue weighted by Crippen LogP contribution is 2.43. The summed E-state index contributed by atoms with van der Waals surface area (Å²) in [5.74, 6) is -0.0847. The molecule has 0 saturated heterocycles. The Morgan fingerprint density at radius 1 is 1.64 bits per heavy atom. The Kier molecular flexibility index (Phi) is 2.29. The van der Waals surface area contributed by atoms with Gasteiger partial charge < -0.3 is 15.5 Å². The fraction of sp³-hybridized carbons (Fsp3) is 0.500. The second kappa shape index (κ2) is 3.46. The summed E-state index contributed by atoms with van der Waals surface area (Å²) in [5, 5.41) is 2.86. The molecule has 14 heavy (non-hydrogen) atoms. The summed E-state index contributed by atoms with van der Waals surface area (Å²) >= 11 is 0. The van der Waals surface area contributed by atoms with Crippen molar-refractivity contribution in [3.8, 4) is 0 Å². The van der Waals surface area contributed by atoms with Gasteiger partial charge in [-0.15, -0.1) is 0 Å². The average Bonchev–Trinajstić information content (AvgIpc) is 2.78. The molecule has 1 fully saturated rings. The average molecular weight is 194 g/mol. The van der Waals surface area contributed by atoms with E-state index >= 15 is 0 Å². The quantitative estimate of drug-likeness (QED) is 0.743. The van der Waals surface area contributed by atoms with Crippen LogP contribution in [0.15, 0.2) is 23.0 Å². The lowest BCUT2D eigenvalue weighted by Gasteiger charge is -2.12. The van der Waals surface area contributed by atoms with Crippen LogP contribution in [0.5, 0.6) is 0 Å². The lowest BCUT2D eigenvalue weighted by atomic mass is 10.1. The van der Waals surface area contributed by atoms with Crippen molar-refractivity contribution in [1.29, 1.82) is 0 Å². The van der Waals surface area contributed by atoms with E-state index in [-0.39, 0.29) is 11.3 Å². The molecular formula is C10H14N2O2. The van der Waals surface area contributed by atoms with E-state index in [1.807, 2.05) is 0 Å². The van der Waals surface area contributed by atoms with Crippen LogP contribution in [0.25, 0.3) is 0 Å². The molecule has 0 spiro atoms. The number of nitrogens with one attached hydrogen (secondary N) is 1. The van der Waals surface area contributed by atoms with E-state index in [0.29, 0.717) is 18.7 Å². The first kappa shape index (κ1) is 9.27. The number of hydrogen-bond donors (Lipinski definition) is 2. The molecule has 76 valence electrons. The Labute approximate surface area is 82.5 Å². The predicted molar refractivity (Wildman–Crippen MR) is 51.8 cm³/mol. The summed E-state index contributed by atoms with van der Waals surface area (Å²) in [5.41, 5.74) is 6.35. The van der Waals surface area contributed by atoms with Gasteiger partial charge in [0, 0.05) is 12.0 Å². The lowest BCUT2D eigenvalue weighted by molar-refractivity contribution is 0.0945. The number of carbonyl (C=O) groups excluding carboxylic acids is 1. The monoisotopic (exact) mass is 194 g/mol. The predicted octanol–water partition coefficient (Wildman–Crippen LogP) is 0.748. The third-order valence-electron chi connectivity index (χ3n) is 2.80. The fourth-order valence-corrected chi connectivity index (χ4v) is 1.39.